The Kier molecular flexibility index (Phi) is 3.45. The molecule has 2 fully saturated rings. The molecule has 1 heterocycles. The van der Waals surface area contributed by atoms with Crippen LogP contribution in [0.15, 0.2) is 24.3 Å². The Morgan fingerprint density at radius 3 is 2.62 bits per heavy atom. The summed E-state index contributed by atoms with van der Waals surface area (Å²) in [6.07, 6.45) is 8.90. The molecule has 21 heavy (non-hydrogen) atoms. The van der Waals surface area contributed by atoms with Gasteiger partial charge in [-0.1, -0.05) is 59.4 Å². The van der Waals surface area contributed by atoms with Gasteiger partial charge in [-0.05, 0) is 71.5 Å². The SMILES string of the molecule is CC1CCC(C(C)C)C(P2c3ccccc3CC23CC3)C1. The summed E-state index contributed by atoms with van der Waals surface area (Å²) in [5.41, 5.74) is 2.72. The van der Waals surface area contributed by atoms with Crippen molar-refractivity contribution in [1.29, 1.82) is 0 Å². The highest BCUT2D eigenvalue weighted by Crippen LogP contribution is 2.73. The summed E-state index contributed by atoms with van der Waals surface area (Å²) in [6.45, 7) is 7.45. The molecule has 1 heteroatoms. The van der Waals surface area contributed by atoms with E-state index in [1.54, 1.807) is 10.9 Å². The third-order valence-corrected chi connectivity index (χ3v) is 10.3. The number of hydrogen-bond donors (Lipinski definition) is 0. The van der Waals surface area contributed by atoms with Crippen LogP contribution in [0.2, 0.25) is 0 Å². The molecule has 1 aromatic carbocycles. The van der Waals surface area contributed by atoms with Gasteiger partial charge in [0.2, 0.25) is 0 Å². The minimum absolute atomic E-state index is 0.0903. The summed E-state index contributed by atoms with van der Waals surface area (Å²) in [5.74, 6) is 2.81. The predicted octanol–water partition coefficient (Wildman–Crippen LogP) is 5.34. The molecule has 2 saturated carbocycles. The monoisotopic (exact) mass is 300 g/mol. The average Bonchev–Trinajstić information content (AvgIpc) is 3.13. The van der Waals surface area contributed by atoms with E-state index >= 15 is 0 Å². The van der Waals surface area contributed by atoms with Crippen LogP contribution in [-0.2, 0) is 6.42 Å². The van der Waals surface area contributed by atoms with Crippen LogP contribution in [0.5, 0.6) is 0 Å². The number of rotatable bonds is 2. The third kappa shape index (κ3) is 2.29. The van der Waals surface area contributed by atoms with E-state index in [9.17, 15) is 0 Å². The summed E-state index contributed by atoms with van der Waals surface area (Å²) in [5, 5.41) is 2.54. The van der Waals surface area contributed by atoms with Crippen LogP contribution < -0.4 is 5.30 Å². The molecule has 1 aliphatic heterocycles. The van der Waals surface area contributed by atoms with Gasteiger partial charge in [0, 0.05) is 0 Å². The van der Waals surface area contributed by atoms with Crippen molar-refractivity contribution in [3.63, 3.8) is 0 Å². The molecule has 0 aromatic heterocycles. The van der Waals surface area contributed by atoms with Crippen molar-refractivity contribution >= 4 is 13.2 Å². The summed E-state index contributed by atoms with van der Waals surface area (Å²) < 4.78 is 0. The standard InChI is InChI=1S/C20H29P/c1-14(2)17-9-8-15(3)12-19(17)21-18-7-5-4-6-16(18)13-20(21)10-11-20/h4-7,14-15,17,19H,8-13H2,1-3H3. The molecule has 2 aliphatic carbocycles. The van der Waals surface area contributed by atoms with Crippen molar-refractivity contribution in [2.24, 2.45) is 17.8 Å². The molecule has 0 nitrogen and oxygen atoms in total. The lowest BCUT2D eigenvalue weighted by molar-refractivity contribution is 0.241. The van der Waals surface area contributed by atoms with Crippen LogP contribution >= 0.6 is 7.92 Å². The zero-order chi connectivity index (χ0) is 14.6. The van der Waals surface area contributed by atoms with Gasteiger partial charge in [-0.15, -0.1) is 0 Å². The van der Waals surface area contributed by atoms with E-state index in [0.29, 0.717) is 0 Å². The van der Waals surface area contributed by atoms with E-state index in [0.717, 1.165) is 28.6 Å². The average molecular weight is 300 g/mol. The molecule has 1 aromatic rings. The highest BCUT2D eigenvalue weighted by molar-refractivity contribution is 7.68. The molecule has 1 spiro atoms. The third-order valence-electron chi connectivity index (χ3n) is 6.43. The first-order valence-electron chi connectivity index (χ1n) is 8.98. The Hall–Kier alpha value is -0.350. The first kappa shape index (κ1) is 14.3. The lowest BCUT2D eigenvalue weighted by Crippen LogP contribution is -2.34. The van der Waals surface area contributed by atoms with Gasteiger partial charge >= 0.3 is 0 Å². The lowest BCUT2D eigenvalue weighted by atomic mass is 9.77. The number of fused-ring (bicyclic) bond motifs is 1. The molecule has 0 N–H and O–H groups in total. The summed E-state index contributed by atoms with van der Waals surface area (Å²) in [4.78, 5) is 0. The number of benzene rings is 1. The molecule has 4 atom stereocenters. The highest BCUT2D eigenvalue weighted by Gasteiger charge is 2.57. The van der Waals surface area contributed by atoms with Crippen molar-refractivity contribution in [3.8, 4) is 0 Å². The second-order valence-corrected chi connectivity index (χ2v) is 11.1. The van der Waals surface area contributed by atoms with E-state index in [1.165, 1.54) is 38.5 Å². The van der Waals surface area contributed by atoms with Gasteiger partial charge in [-0.3, -0.25) is 0 Å². The molecular formula is C20H29P. The Labute approximate surface area is 131 Å². The molecular weight excluding hydrogens is 271 g/mol. The van der Waals surface area contributed by atoms with Crippen molar-refractivity contribution in [1.82, 2.24) is 0 Å². The van der Waals surface area contributed by atoms with Crippen molar-refractivity contribution in [2.45, 2.75) is 70.1 Å². The largest absolute Gasteiger partial charge is 0.0649 e. The van der Waals surface area contributed by atoms with Crippen LogP contribution in [-0.4, -0.2) is 10.8 Å². The molecule has 4 unspecified atom stereocenters. The van der Waals surface area contributed by atoms with Gasteiger partial charge in [0.25, 0.3) is 0 Å². The Balaban J connectivity index is 1.73. The normalized spacial score (nSPS) is 37.0. The van der Waals surface area contributed by atoms with E-state index < -0.39 is 0 Å². The van der Waals surface area contributed by atoms with Gasteiger partial charge in [-0.2, -0.15) is 0 Å². The smallest absolute Gasteiger partial charge is 0.00104 e. The fraction of sp³-hybridized carbons (Fsp3) is 0.700. The van der Waals surface area contributed by atoms with E-state index in [1.807, 2.05) is 0 Å². The maximum absolute atomic E-state index is 2.50. The topological polar surface area (TPSA) is 0 Å². The first-order chi connectivity index (χ1) is 10.1. The van der Waals surface area contributed by atoms with Gasteiger partial charge in [0.1, 0.15) is 0 Å². The molecule has 4 rings (SSSR count). The maximum Gasteiger partial charge on any atom is -0.00104 e. The van der Waals surface area contributed by atoms with Gasteiger partial charge in [0.15, 0.2) is 0 Å². The van der Waals surface area contributed by atoms with Gasteiger partial charge in [-0.25, -0.2) is 0 Å². The van der Waals surface area contributed by atoms with Crippen molar-refractivity contribution in [3.05, 3.63) is 29.8 Å². The first-order valence-corrected chi connectivity index (χ1v) is 10.4. The molecule has 0 bridgehead atoms. The quantitative estimate of drug-likeness (QED) is 0.646. The second-order valence-electron chi connectivity index (χ2n) is 8.29. The van der Waals surface area contributed by atoms with E-state index in [-0.39, 0.29) is 7.92 Å². The number of hydrogen-bond acceptors (Lipinski definition) is 0. The van der Waals surface area contributed by atoms with Gasteiger partial charge in [0.05, 0.1) is 0 Å². The summed E-state index contributed by atoms with van der Waals surface area (Å²) in [6, 6.07) is 9.47. The zero-order valence-electron chi connectivity index (χ0n) is 13.8. The van der Waals surface area contributed by atoms with Crippen LogP contribution in [0.4, 0.5) is 0 Å². The Morgan fingerprint density at radius 1 is 1.14 bits per heavy atom. The fourth-order valence-corrected chi connectivity index (χ4v) is 9.79. The van der Waals surface area contributed by atoms with Crippen LogP contribution in [0.1, 0.15) is 58.4 Å². The molecule has 114 valence electrons. The second kappa shape index (κ2) is 5.09. The van der Waals surface area contributed by atoms with E-state index in [4.69, 9.17) is 0 Å². The van der Waals surface area contributed by atoms with Crippen LogP contribution in [0, 0.1) is 17.8 Å². The van der Waals surface area contributed by atoms with E-state index in [2.05, 4.69) is 45.0 Å². The Morgan fingerprint density at radius 2 is 1.90 bits per heavy atom. The minimum Gasteiger partial charge on any atom is -0.0649 e. The fourth-order valence-electron chi connectivity index (χ4n) is 5.13. The Bertz CT molecular complexity index is 528. The van der Waals surface area contributed by atoms with Gasteiger partial charge < -0.3 is 0 Å². The van der Waals surface area contributed by atoms with Crippen LogP contribution in [0.25, 0.3) is 0 Å². The molecule has 3 aliphatic rings. The van der Waals surface area contributed by atoms with Crippen LogP contribution in [0.3, 0.4) is 0 Å². The summed E-state index contributed by atoms with van der Waals surface area (Å²) >= 11 is 0. The predicted molar refractivity (Wildman–Crippen MR) is 93.8 cm³/mol. The minimum atomic E-state index is 0.0903. The molecule has 0 amide bonds. The summed E-state index contributed by atoms with van der Waals surface area (Å²) in [7, 11) is 0.0903. The van der Waals surface area contributed by atoms with Crippen molar-refractivity contribution < 1.29 is 0 Å². The van der Waals surface area contributed by atoms with Crippen molar-refractivity contribution in [2.75, 3.05) is 0 Å². The zero-order valence-corrected chi connectivity index (χ0v) is 14.7. The maximum atomic E-state index is 2.50. The lowest BCUT2D eigenvalue weighted by Gasteiger charge is -2.43. The molecule has 0 saturated heterocycles. The highest BCUT2D eigenvalue weighted by atomic mass is 31.1. The molecule has 0 radical (unpaired) electrons.